The van der Waals surface area contributed by atoms with Crippen LogP contribution >= 0.6 is 23.4 Å². The highest BCUT2D eigenvalue weighted by molar-refractivity contribution is 8.18. The quantitative estimate of drug-likeness (QED) is 0.428. The molecule has 35 heavy (non-hydrogen) atoms. The van der Waals surface area contributed by atoms with Crippen LogP contribution in [0.5, 0.6) is 0 Å². The number of nitrogens with one attached hydrogen (secondary N) is 1. The molecule has 1 saturated heterocycles. The minimum absolute atomic E-state index is 0.00378. The molecule has 2 aromatic carbocycles. The highest BCUT2D eigenvalue weighted by atomic mass is 35.5. The first-order valence-electron chi connectivity index (χ1n) is 9.75. The number of carboxylic acids is 1. The Bertz CT molecular complexity index is 1420. The number of amides is 3. The highest BCUT2D eigenvalue weighted by Crippen LogP contribution is 2.34. The van der Waals surface area contributed by atoms with Crippen molar-refractivity contribution in [2.45, 2.75) is 0 Å². The lowest BCUT2D eigenvalue weighted by atomic mass is 10.1. The van der Waals surface area contributed by atoms with Crippen LogP contribution in [0.1, 0.15) is 16.1 Å². The van der Waals surface area contributed by atoms with E-state index in [0.717, 1.165) is 12.1 Å². The van der Waals surface area contributed by atoms with E-state index in [-0.39, 0.29) is 26.9 Å². The SMILES string of the molecule is O=C(CN1C(=O)S/C(=C\c2ccc(-c3ccc(C(=O)O)c(Cl)c3)o2)C1=O)Nc1ccc(F)cc1F. The summed E-state index contributed by atoms with van der Waals surface area (Å²) in [6, 6.07) is 9.93. The summed E-state index contributed by atoms with van der Waals surface area (Å²) in [5, 5.41) is 10.6. The summed E-state index contributed by atoms with van der Waals surface area (Å²) < 4.78 is 32.4. The number of thioether (sulfide) groups is 1. The van der Waals surface area contributed by atoms with Crippen molar-refractivity contribution in [3.63, 3.8) is 0 Å². The number of hydrogen-bond donors (Lipinski definition) is 2. The molecule has 0 bridgehead atoms. The van der Waals surface area contributed by atoms with Crippen molar-refractivity contribution >= 4 is 58.1 Å². The summed E-state index contributed by atoms with van der Waals surface area (Å²) in [7, 11) is 0. The lowest BCUT2D eigenvalue weighted by Crippen LogP contribution is -2.36. The van der Waals surface area contributed by atoms with E-state index in [0.29, 0.717) is 34.1 Å². The standard InChI is InChI=1S/C23H13ClF2N2O6S/c24-15-7-11(1-4-14(15)22(31)32)18-6-3-13(34-18)9-19-21(30)28(23(33)35-19)10-20(29)27-17-5-2-12(25)8-16(17)26/h1-9H,10H2,(H,27,29)(H,31,32)/b19-9-. The molecule has 1 aliphatic rings. The van der Waals surface area contributed by atoms with Gasteiger partial charge in [0.25, 0.3) is 11.1 Å². The van der Waals surface area contributed by atoms with Crippen molar-refractivity contribution < 1.29 is 37.5 Å². The van der Waals surface area contributed by atoms with E-state index in [2.05, 4.69) is 5.32 Å². The van der Waals surface area contributed by atoms with E-state index in [4.69, 9.17) is 21.1 Å². The molecule has 4 rings (SSSR count). The predicted molar refractivity (Wildman–Crippen MR) is 124 cm³/mol. The molecule has 0 spiro atoms. The Balaban J connectivity index is 1.46. The van der Waals surface area contributed by atoms with Crippen LogP contribution in [0.15, 0.2) is 57.9 Å². The Hall–Kier alpha value is -3.96. The summed E-state index contributed by atoms with van der Waals surface area (Å²) in [6.07, 6.45) is 1.32. The summed E-state index contributed by atoms with van der Waals surface area (Å²) in [6.45, 7) is -0.670. The molecule has 0 unspecified atom stereocenters. The molecular weight excluding hydrogens is 506 g/mol. The van der Waals surface area contributed by atoms with Gasteiger partial charge in [-0.2, -0.15) is 0 Å². The minimum atomic E-state index is -1.17. The van der Waals surface area contributed by atoms with E-state index in [1.54, 1.807) is 6.07 Å². The predicted octanol–water partition coefficient (Wildman–Crippen LogP) is 5.25. The Kier molecular flexibility index (Phi) is 6.72. The third kappa shape index (κ3) is 5.26. The lowest BCUT2D eigenvalue weighted by Gasteiger charge is -2.12. The number of carbonyl (C=O) groups is 4. The molecule has 12 heteroatoms. The fourth-order valence-corrected chi connectivity index (χ4v) is 4.20. The second-order valence-corrected chi connectivity index (χ2v) is 8.54. The smallest absolute Gasteiger partial charge is 0.337 e. The van der Waals surface area contributed by atoms with Gasteiger partial charge in [0, 0.05) is 17.7 Å². The average molecular weight is 519 g/mol. The van der Waals surface area contributed by atoms with Crippen LogP contribution in [0.4, 0.5) is 19.3 Å². The van der Waals surface area contributed by atoms with Crippen molar-refractivity contribution in [3.05, 3.63) is 81.4 Å². The van der Waals surface area contributed by atoms with Crippen LogP contribution in [0.25, 0.3) is 17.4 Å². The Labute approximate surface area is 205 Å². The van der Waals surface area contributed by atoms with Gasteiger partial charge in [-0.3, -0.25) is 19.3 Å². The number of aromatic carboxylic acids is 1. The van der Waals surface area contributed by atoms with Crippen LogP contribution in [0.3, 0.4) is 0 Å². The van der Waals surface area contributed by atoms with Gasteiger partial charge in [0.15, 0.2) is 0 Å². The minimum Gasteiger partial charge on any atom is -0.478 e. The van der Waals surface area contributed by atoms with Gasteiger partial charge in [-0.05, 0) is 48.2 Å². The van der Waals surface area contributed by atoms with Gasteiger partial charge in [-0.15, -0.1) is 0 Å². The van der Waals surface area contributed by atoms with E-state index in [1.165, 1.54) is 30.3 Å². The van der Waals surface area contributed by atoms with Gasteiger partial charge in [-0.1, -0.05) is 17.7 Å². The molecule has 1 aliphatic heterocycles. The molecule has 178 valence electrons. The van der Waals surface area contributed by atoms with Crippen molar-refractivity contribution in [1.29, 1.82) is 0 Å². The van der Waals surface area contributed by atoms with Crippen LogP contribution in [0, 0.1) is 11.6 Å². The first-order valence-corrected chi connectivity index (χ1v) is 10.9. The molecule has 3 aromatic rings. The Morgan fingerprint density at radius 2 is 1.89 bits per heavy atom. The maximum absolute atomic E-state index is 13.7. The Morgan fingerprint density at radius 3 is 2.57 bits per heavy atom. The normalized spacial score (nSPS) is 14.6. The molecule has 2 heterocycles. The summed E-state index contributed by atoms with van der Waals surface area (Å²) in [5.74, 6) is -4.02. The highest BCUT2D eigenvalue weighted by Gasteiger charge is 2.36. The fourth-order valence-electron chi connectivity index (χ4n) is 3.12. The number of carboxylic acid groups (broad SMARTS) is 1. The average Bonchev–Trinajstić information content (AvgIpc) is 3.36. The summed E-state index contributed by atoms with van der Waals surface area (Å²) in [4.78, 5) is 48.9. The summed E-state index contributed by atoms with van der Waals surface area (Å²) in [5.41, 5.74) is 0.137. The van der Waals surface area contributed by atoms with Crippen molar-refractivity contribution in [2.75, 3.05) is 11.9 Å². The van der Waals surface area contributed by atoms with Crippen molar-refractivity contribution in [2.24, 2.45) is 0 Å². The number of nitrogens with zero attached hydrogens (tertiary/aromatic N) is 1. The zero-order valence-corrected chi connectivity index (χ0v) is 19.0. The molecule has 0 atom stereocenters. The lowest BCUT2D eigenvalue weighted by molar-refractivity contribution is -0.127. The first kappa shape index (κ1) is 24.2. The number of rotatable bonds is 6. The van der Waals surface area contributed by atoms with Crippen LogP contribution in [0.2, 0.25) is 5.02 Å². The van der Waals surface area contributed by atoms with Crippen LogP contribution < -0.4 is 5.32 Å². The number of halogens is 3. The first-order chi connectivity index (χ1) is 16.6. The van der Waals surface area contributed by atoms with Crippen molar-refractivity contribution in [1.82, 2.24) is 4.90 Å². The molecule has 0 aliphatic carbocycles. The Morgan fingerprint density at radius 1 is 1.11 bits per heavy atom. The second-order valence-electron chi connectivity index (χ2n) is 7.14. The number of hydrogen-bond acceptors (Lipinski definition) is 6. The monoisotopic (exact) mass is 518 g/mol. The molecular formula is C23H13ClF2N2O6S. The van der Waals surface area contributed by atoms with Gasteiger partial charge >= 0.3 is 5.97 Å². The van der Waals surface area contributed by atoms with Gasteiger partial charge in [-0.25, -0.2) is 13.6 Å². The maximum atomic E-state index is 13.7. The summed E-state index contributed by atoms with van der Waals surface area (Å²) >= 11 is 6.57. The van der Waals surface area contributed by atoms with Gasteiger partial charge in [0.05, 0.1) is 21.2 Å². The van der Waals surface area contributed by atoms with E-state index >= 15 is 0 Å². The molecule has 8 nitrogen and oxygen atoms in total. The fraction of sp³-hybridized carbons (Fsp3) is 0.0435. The maximum Gasteiger partial charge on any atom is 0.337 e. The third-order valence-electron chi connectivity index (χ3n) is 4.76. The molecule has 1 aromatic heterocycles. The molecule has 2 N–H and O–H groups in total. The number of carbonyl (C=O) groups excluding carboxylic acids is 3. The van der Waals surface area contributed by atoms with Crippen molar-refractivity contribution in [3.8, 4) is 11.3 Å². The van der Waals surface area contributed by atoms with Gasteiger partial charge in [0.1, 0.15) is 29.7 Å². The van der Waals surface area contributed by atoms with E-state index < -0.39 is 41.2 Å². The number of anilines is 1. The van der Waals surface area contributed by atoms with E-state index in [1.807, 2.05) is 0 Å². The molecule has 1 fully saturated rings. The largest absolute Gasteiger partial charge is 0.478 e. The number of benzene rings is 2. The molecule has 3 amide bonds. The number of furan rings is 1. The van der Waals surface area contributed by atoms with Gasteiger partial charge in [0.2, 0.25) is 5.91 Å². The molecule has 0 radical (unpaired) electrons. The second kappa shape index (κ2) is 9.72. The van der Waals surface area contributed by atoms with Crippen LogP contribution in [-0.2, 0) is 9.59 Å². The zero-order chi connectivity index (χ0) is 25.3. The third-order valence-corrected chi connectivity index (χ3v) is 5.98. The zero-order valence-electron chi connectivity index (χ0n) is 17.4. The van der Waals surface area contributed by atoms with Gasteiger partial charge < -0.3 is 14.8 Å². The van der Waals surface area contributed by atoms with Crippen LogP contribution in [-0.4, -0.2) is 39.6 Å². The topological polar surface area (TPSA) is 117 Å². The molecule has 0 saturated carbocycles. The number of imide groups is 1. The van der Waals surface area contributed by atoms with E-state index in [9.17, 15) is 28.0 Å².